The normalized spacial score (nSPS) is 11.0. The van der Waals surface area contributed by atoms with E-state index in [2.05, 4.69) is 20.3 Å². The van der Waals surface area contributed by atoms with Crippen LogP contribution in [-0.4, -0.2) is 28.1 Å². The Morgan fingerprint density at radius 3 is 2.90 bits per heavy atom. The summed E-state index contributed by atoms with van der Waals surface area (Å²) in [6, 6.07) is 8.23. The van der Waals surface area contributed by atoms with Crippen molar-refractivity contribution in [2.24, 2.45) is 0 Å². The Kier molecular flexibility index (Phi) is 5.62. The molecule has 5 nitrogen and oxygen atoms in total. The van der Waals surface area contributed by atoms with Crippen molar-refractivity contribution in [1.82, 2.24) is 15.0 Å². The van der Waals surface area contributed by atoms with Gasteiger partial charge in [0.15, 0.2) is 0 Å². The number of ether oxygens (including phenoxy) is 1. The zero-order valence-electron chi connectivity index (χ0n) is 15.7. The molecule has 3 aromatic heterocycles. The number of pyridine rings is 1. The van der Waals surface area contributed by atoms with Crippen LogP contribution in [0, 0.1) is 11.6 Å². The molecule has 0 aliphatic carbocycles. The summed E-state index contributed by atoms with van der Waals surface area (Å²) in [7, 11) is 0. The van der Waals surface area contributed by atoms with Crippen molar-refractivity contribution in [2.75, 3.05) is 18.5 Å². The molecule has 1 aromatic carbocycles. The molecule has 0 fully saturated rings. The van der Waals surface area contributed by atoms with E-state index in [1.54, 1.807) is 18.2 Å². The minimum atomic E-state index is -0.596. The third-order valence-electron chi connectivity index (χ3n) is 4.38. The van der Waals surface area contributed by atoms with Gasteiger partial charge in [-0.15, -0.1) is 11.3 Å². The highest BCUT2D eigenvalue weighted by atomic mass is 32.1. The van der Waals surface area contributed by atoms with E-state index in [0.717, 1.165) is 16.3 Å². The number of fused-ring (bicyclic) bond motifs is 1. The predicted molar refractivity (Wildman–Crippen MR) is 110 cm³/mol. The molecule has 0 atom stereocenters. The third-order valence-corrected chi connectivity index (χ3v) is 5.31. The van der Waals surface area contributed by atoms with Crippen LogP contribution < -0.4 is 10.1 Å². The lowest BCUT2D eigenvalue weighted by atomic mass is 10.1. The fourth-order valence-corrected chi connectivity index (χ4v) is 3.82. The van der Waals surface area contributed by atoms with Crippen molar-refractivity contribution in [3.05, 3.63) is 65.4 Å². The van der Waals surface area contributed by atoms with Gasteiger partial charge in [-0.05, 0) is 25.5 Å². The molecule has 0 bridgehead atoms. The maximum atomic E-state index is 14.7. The first-order chi connectivity index (χ1) is 14.2. The van der Waals surface area contributed by atoms with Gasteiger partial charge in [0.05, 0.1) is 22.7 Å². The van der Waals surface area contributed by atoms with Crippen LogP contribution in [0.25, 0.3) is 21.5 Å². The van der Waals surface area contributed by atoms with Gasteiger partial charge >= 0.3 is 0 Å². The smallest absolute Gasteiger partial charge is 0.138 e. The van der Waals surface area contributed by atoms with E-state index in [0.29, 0.717) is 29.9 Å². The van der Waals surface area contributed by atoms with Crippen molar-refractivity contribution < 1.29 is 13.5 Å². The van der Waals surface area contributed by atoms with Crippen molar-refractivity contribution in [3.8, 4) is 16.3 Å². The SMILES string of the molecule is CCOc1csc(-c2cc(NCCc3c(F)cc4ncccc4c3F)ncn2)c1. The first-order valence-electron chi connectivity index (χ1n) is 9.15. The van der Waals surface area contributed by atoms with Crippen molar-refractivity contribution in [3.63, 3.8) is 0 Å². The molecule has 0 saturated heterocycles. The zero-order chi connectivity index (χ0) is 20.2. The van der Waals surface area contributed by atoms with Gasteiger partial charge in [-0.1, -0.05) is 0 Å². The molecule has 0 radical (unpaired) electrons. The number of nitrogens with one attached hydrogen (secondary N) is 1. The summed E-state index contributed by atoms with van der Waals surface area (Å²) >= 11 is 1.53. The van der Waals surface area contributed by atoms with Crippen LogP contribution >= 0.6 is 11.3 Å². The average Bonchev–Trinajstić information content (AvgIpc) is 3.20. The molecular formula is C21H18F2N4OS. The largest absolute Gasteiger partial charge is 0.493 e. The van der Waals surface area contributed by atoms with Crippen molar-refractivity contribution >= 4 is 28.1 Å². The van der Waals surface area contributed by atoms with Crippen LogP contribution in [0.15, 0.2) is 48.2 Å². The number of anilines is 1. The average molecular weight is 412 g/mol. The number of thiophene rings is 1. The minimum Gasteiger partial charge on any atom is -0.493 e. The van der Waals surface area contributed by atoms with Gasteiger partial charge in [-0.3, -0.25) is 4.98 Å². The van der Waals surface area contributed by atoms with E-state index in [-0.39, 0.29) is 12.0 Å². The van der Waals surface area contributed by atoms with E-state index in [4.69, 9.17) is 4.74 Å². The summed E-state index contributed by atoms with van der Waals surface area (Å²) < 4.78 is 34.5. The molecule has 0 aliphatic heterocycles. The Balaban J connectivity index is 1.47. The van der Waals surface area contributed by atoms with Gasteiger partial charge < -0.3 is 10.1 Å². The van der Waals surface area contributed by atoms with Crippen molar-refractivity contribution in [2.45, 2.75) is 13.3 Å². The van der Waals surface area contributed by atoms with Crippen LogP contribution in [0.2, 0.25) is 0 Å². The van der Waals surface area contributed by atoms with Gasteiger partial charge in [0.2, 0.25) is 0 Å². The van der Waals surface area contributed by atoms with E-state index < -0.39 is 11.6 Å². The fraction of sp³-hybridized carbons (Fsp3) is 0.190. The highest BCUT2D eigenvalue weighted by molar-refractivity contribution is 7.13. The van der Waals surface area contributed by atoms with Crippen molar-refractivity contribution in [1.29, 1.82) is 0 Å². The number of aromatic nitrogens is 3. The summed E-state index contributed by atoms with van der Waals surface area (Å²) in [6.07, 6.45) is 3.15. The number of halogens is 2. The molecule has 0 unspecified atom stereocenters. The number of nitrogens with zero attached hydrogens (tertiary/aromatic N) is 3. The molecule has 0 amide bonds. The monoisotopic (exact) mass is 412 g/mol. The van der Waals surface area contributed by atoms with E-state index >= 15 is 0 Å². The lowest BCUT2D eigenvalue weighted by Gasteiger charge is -2.10. The lowest BCUT2D eigenvalue weighted by Crippen LogP contribution is -2.09. The number of hydrogen-bond donors (Lipinski definition) is 1. The lowest BCUT2D eigenvalue weighted by molar-refractivity contribution is 0.342. The molecule has 148 valence electrons. The molecule has 4 rings (SSSR count). The van der Waals surface area contributed by atoms with Crippen LogP contribution in [0.1, 0.15) is 12.5 Å². The third kappa shape index (κ3) is 4.17. The maximum absolute atomic E-state index is 14.7. The van der Waals surface area contributed by atoms with Crippen LogP contribution in [0.3, 0.4) is 0 Å². The summed E-state index contributed by atoms with van der Waals surface area (Å²) in [6.45, 7) is 2.86. The highest BCUT2D eigenvalue weighted by Gasteiger charge is 2.14. The Morgan fingerprint density at radius 2 is 2.03 bits per heavy atom. The number of benzene rings is 1. The standard InChI is InChI=1S/C21H18F2N4OS/c1-2-28-13-8-19(29-11-13)18-10-20(27-12-26-18)25-7-5-14-16(22)9-17-15(21(14)23)4-3-6-24-17/h3-4,6,8-12H,2,5,7H2,1H3,(H,25,26,27). The first-order valence-corrected chi connectivity index (χ1v) is 10.0. The Hall–Kier alpha value is -3.13. The predicted octanol–water partition coefficient (Wildman–Crippen LogP) is 5.08. The van der Waals surface area contributed by atoms with Gasteiger partial charge in [-0.25, -0.2) is 18.7 Å². The Labute approximate surface area is 170 Å². The molecule has 29 heavy (non-hydrogen) atoms. The van der Waals surface area contributed by atoms with Gasteiger partial charge in [0.25, 0.3) is 0 Å². The van der Waals surface area contributed by atoms with Crippen LogP contribution in [-0.2, 0) is 6.42 Å². The summed E-state index contributed by atoms with van der Waals surface area (Å²) in [5, 5.41) is 5.35. The first kappa shape index (κ1) is 19.2. The molecule has 0 aliphatic rings. The van der Waals surface area contributed by atoms with Crippen LogP contribution in [0.4, 0.5) is 14.6 Å². The fourth-order valence-electron chi connectivity index (χ4n) is 3.02. The second-order valence-electron chi connectivity index (χ2n) is 6.27. The van der Waals surface area contributed by atoms with Gasteiger partial charge in [0, 0.05) is 47.3 Å². The van der Waals surface area contributed by atoms with E-state index in [1.807, 2.05) is 18.4 Å². The molecule has 3 heterocycles. The zero-order valence-corrected chi connectivity index (χ0v) is 16.5. The molecule has 1 N–H and O–H groups in total. The van der Waals surface area contributed by atoms with Gasteiger partial charge in [-0.2, -0.15) is 0 Å². The summed E-state index contributed by atoms with van der Waals surface area (Å²) in [5.41, 5.74) is 1.10. The molecule has 0 spiro atoms. The number of rotatable bonds is 7. The second kappa shape index (κ2) is 8.48. The molecular weight excluding hydrogens is 394 g/mol. The van der Waals surface area contributed by atoms with Gasteiger partial charge in [0.1, 0.15) is 29.5 Å². The topological polar surface area (TPSA) is 59.9 Å². The summed E-state index contributed by atoms with van der Waals surface area (Å²) in [4.78, 5) is 13.4. The Morgan fingerprint density at radius 1 is 1.14 bits per heavy atom. The molecule has 4 aromatic rings. The molecule has 0 saturated carbocycles. The Bertz CT molecular complexity index is 1150. The van der Waals surface area contributed by atoms with E-state index in [9.17, 15) is 8.78 Å². The number of hydrogen-bond acceptors (Lipinski definition) is 6. The van der Waals surface area contributed by atoms with Crippen LogP contribution in [0.5, 0.6) is 5.75 Å². The molecule has 8 heteroatoms. The highest BCUT2D eigenvalue weighted by Crippen LogP contribution is 2.30. The minimum absolute atomic E-state index is 0.0342. The summed E-state index contributed by atoms with van der Waals surface area (Å²) in [5.74, 6) is 0.225. The quantitative estimate of drug-likeness (QED) is 0.458. The van der Waals surface area contributed by atoms with E-state index in [1.165, 1.54) is 29.9 Å². The second-order valence-corrected chi connectivity index (χ2v) is 7.18. The maximum Gasteiger partial charge on any atom is 0.138 e.